The number of H-pyrrole nitrogens is 1. The van der Waals surface area contributed by atoms with E-state index in [9.17, 15) is 0 Å². The number of hydrogen-bond acceptors (Lipinski definition) is 1. The first kappa shape index (κ1) is 7.42. The summed E-state index contributed by atoms with van der Waals surface area (Å²) in [7, 11) is 0. The normalized spacial score (nSPS) is 19.6. The second kappa shape index (κ2) is 2.67. The van der Waals surface area contributed by atoms with Crippen LogP contribution in [-0.2, 0) is 6.42 Å². The standard InChI is InChI=1S/C10H12N2/c11-8-10(4-2-5-10)7-9-3-1-6-12-9/h1,3,6,12H,2,4-5,7H2. The Morgan fingerprint density at radius 2 is 2.42 bits per heavy atom. The summed E-state index contributed by atoms with van der Waals surface area (Å²) in [6, 6.07) is 6.47. The second-order valence-corrected chi connectivity index (χ2v) is 3.62. The molecule has 1 aliphatic rings. The van der Waals surface area contributed by atoms with Crippen molar-refractivity contribution in [1.29, 1.82) is 5.26 Å². The van der Waals surface area contributed by atoms with E-state index in [1.165, 1.54) is 12.1 Å². The molecule has 2 nitrogen and oxygen atoms in total. The summed E-state index contributed by atoms with van der Waals surface area (Å²) < 4.78 is 0. The van der Waals surface area contributed by atoms with Crippen LogP contribution in [0.25, 0.3) is 0 Å². The van der Waals surface area contributed by atoms with Gasteiger partial charge in [-0.3, -0.25) is 0 Å². The van der Waals surface area contributed by atoms with Crippen LogP contribution in [0.4, 0.5) is 0 Å². The molecule has 62 valence electrons. The molecule has 2 rings (SSSR count). The first-order valence-electron chi connectivity index (χ1n) is 4.38. The molecule has 0 spiro atoms. The zero-order valence-electron chi connectivity index (χ0n) is 7.01. The average Bonchev–Trinajstić information content (AvgIpc) is 2.49. The maximum Gasteiger partial charge on any atom is 0.0693 e. The fourth-order valence-electron chi connectivity index (χ4n) is 1.77. The average molecular weight is 160 g/mol. The molecular weight excluding hydrogens is 148 g/mol. The SMILES string of the molecule is N#CC1(Cc2ccc[nH]2)CCC1. The van der Waals surface area contributed by atoms with Crippen LogP contribution in [0.3, 0.4) is 0 Å². The molecule has 0 radical (unpaired) electrons. The molecule has 1 aliphatic carbocycles. The zero-order chi connectivity index (χ0) is 8.44. The highest BCUT2D eigenvalue weighted by atomic mass is 14.7. The summed E-state index contributed by atoms with van der Waals surface area (Å²) in [5.41, 5.74) is 1.15. The molecule has 0 amide bonds. The quantitative estimate of drug-likeness (QED) is 0.708. The highest BCUT2D eigenvalue weighted by Gasteiger charge is 2.37. The van der Waals surface area contributed by atoms with Crippen molar-refractivity contribution in [2.75, 3.05) is 0 Å². The Kier molecular flexibility index (Phi) is 1.65. The monoisotopic (exact) mass is 160 g/mol. The van der Waals surface area contributed by atoms with Crippen molar-refractivity contribution in [3.8, 4) is 6.07 Å². The summed E-state index contributed by atoms with van der Waals surface area (Å²) in [6.45, 7) is 0. The molecule has 1 aromatic heterocycles. The van der Waals surface area contributed by atoms with Gasteiger partial charge < -0.3 is 4.98 Å². The maximum atomic E-state index is 8.97. The third-order valence-corrected chi connectivity index (χ3v) is 2.74. The Labute approximate surface area is 72.2 Å². The van der Waals surface area contributed by atoms with Gasteiger partial charge in [0, 0.05) is 18.3 Å². The Morgan fingerprint density at radius 1 is 1.58 bits per heavy atom. The van der Waals surface area contributed by atoms with Crippen LogP contribution >= 0.6 is 0 Å². The van der Waals surface area contributed by atoms with E-state index in [0.717, 1.165) is 19.3 Å². The van der Waals surface area contributed by atoms with Gasteiger partial charge >= 0.3 is 0 Å². The van der Waals surface area contributed by atoms with Gasteiger partial charge in [-0.05, 0) is 25.0 Å². The number of aromatic amines is 1. The van der Waals surface area contributed by atoms with Gasteiger partial charge in [0.2, 0.25) is 0 Å². The summed E-state index contributed by atoms with van der Waals surface area (Å²) in [5.74, 6) is 0. The van der Waals surface area contributed by atoms with E-state index in [4.69, 9.17) is 5.26 Å². The van der Waals surface area contributed by atoms with E-state index in [2.05, 4.69) is 17.1 Å². The molecule has 0 unspecified atom stereocenters. The van der Waals surface area contributed by atoms with Crippen molar-refractivity contribution in [3.05, 3.63) is 24.0 Å². The maximum absolute atomic E-state index is 8.97. The lowest BCUT2D eigenvalue weighted by atomic mass is 9.67. The summed E-state index contributed by atoms with van der Waals surface area (Å²) in [5, 5.41) is 8.97. The van der Waals surface area contributed by atoms with Crippen LogP contribution < -0.4 is 0 Å². The largest absolute Gasteiger partial charge is 0.365 e. The number of nitrogens with zero attached hydrogens (tertiary/aromatic N) is 1. The highest BCUT2D eigenvalue weighted by Crippen LogP contribution is 2.42. The number of aromatic nitrogens is 1. The van der Waals surface area contributed by atoms with Gasteiger partial charge in [-0.15, -0.1) is 0 Å². The predicted molar refractivity (Wildman–Crippen MR) is 46.4 cm³/mol. The van der Waals surface area contributed by atoms with Crippen molar-refractivity contribution in [3.63, 3.8) is 0 Å². The van der Waals surface area contributed by atoms with E-state index >= 15 is 0 Å². The van der Waals surface area contributed by atoms with Crippen molar-refractivity contribution < 1.29 is 0 Å². The van der Waals surface area contributed by atoms with Gasteiger partial charge in [0.25, 0.3) is 0 Å². The van der Waals surface area contributed by atoms with Gasteiger partial charge in [-0.2, -0.15) is 5.26 Å². The minimum absolute atomic E-state index is 0.0369. The second-order valence-electron chi connectivity index (χ2n) is 3.62. The van der Waals surface area contributed by atoms with Crippen molar-refractivity contribution in [1.82, 2.24) is 4.98 Å². The van der Waals surface area contributed by atoms with E-state index < -0.39 is 0 Å². The van der Waals surface area contributed by atoms with E-state index in [-0.39, 0.29) is 5.41 Å². The number of hydrogen-bond donors (Lipinski definition) is 1. The van der Waals surface area contributed by atoms with Crippen molar-refractivity contribution in [2.24, 2.45) is 5.41 Å². The van der Waals surface area contributed by atoms with Crippen LogP contribution in [0.15, 0.2) is 18.3 Å². The van der Waals surface area contributed by atoms with E-state index in [0.29, 0.717) is 0 Å². The first-order valence-corrected chi connectivity index (χ1v) is 4.38. The molecular formula is C10H12N2. The molecule has 12 heavy (non-hydrogen) atoms. The van der Waals surface area contributed by atoms with Gasteiger partial charge in [-0.1, -0.05) is 6.42 Å². The van der Waals surface area contributed by atoms with Gasteiger partial charge in [-0.25, -0.2) is 0 Å². The molecule has 1 aromatic rings. The lowest BCUT2D eigenvalue weighted by molar-refractivity contribution is 0.212. The molecule has 1 fully saturated rings. The number of rotatable bonds is 2. The Balaban J connectivity index is 2.08. The fourth-order valence-corrected chi connectivity index (χ4v) is 1.77. The van der Waals surface area contributed by atoms with Crippen molar-refractivity contribution in [2.45, 2.75) is 25.7 Å². The van der Waals surface area contributed by atoms with Crippen LogP contribution in [0.1, 0.15) is 25.0 Å². The molecule has 1 heterocycles. The lowest BCUT2D eigenvalue weighted by Crippen LogP contribution is -2.29. The van der Waals surface area contributed by atoms with Crippen molar-refractivity contribution >= 4 is 0 Å². The van der Waals surface area contributed by atoms with Gasteiger partial charge in [0.1, 0.15) is 0 Å². The van der Waals surface area contributed by atoms with Crippen LogP contribution in [-0.4, -0.2) is 4.98 Å². The predicted octanol–water partition coefficient (Wildman–Crippen LogP) is 2.25. The summed E-state index contributed by atoms with van der Waals surface area (Å²) >= 11 is 0. The lowest BCUT2D eigenvalue weighted by Gasteiger charge is -2.34. The first-order chi connectivity index (χ1) is 5.85. The highest BCUT2D eigenvalue weighted by molar-refractivity contribution is 5.14. The molecule has 0 aromatic carbocycles. The Bertz CT molecular complexity index is 288. The van der Waals surface area contributed by atoms with Gasteiger partial charge in [0.05, 0.1) is 11.5 Å². The summed E-state index contributed by atoms with van der Waals surface area (Å²) in [4.78, 5) is 3.14. The van der Waals surface area contributed by atoms with Crippen LogP contribution in [0, 0.1) is 16.7 Å². The molecule has 1 saturated carbocycles. The number of nitrogens with one attached hydrogen (secondary N) is 1. The molecule has 1 N–H and O–H groups in total. The molecule has 0 bridgehead atoms. The van der Waals surface area contributed by atoms with E-state index in [1.807, 2.05) is 12.3 Å². The molecule has 0 aliphatic heterocycles. The third kappa shape index (κ3) is 1.12. The minimum Gasteiger partial charge on any atom is -0.365 e. The molecule has 2 heteroatoms. The zero-order valence-corrected chi connectivity index (χ0v) is 7.01. The van der Waals surface area contributed by atoms with E-state index in [1.54, 1.807) is 0 Å². The smallest absolute Gasteiger partial charge is 0.0693 e. The molecule has 0 saturated heterocycles. The molecule has 0 atom stereocenters. The topological polar surface area (TPSA) is 39.6 Å². The van der Waals surface area contributed by atoms with Crippen LogP contribution in [0.2, 0.25) is 0 Å². The Morgan fingerprint density at radius 3 is 2.83 bits per heavy atom. The minimum atomic E-state index is -0.0369. The Hall–Kier alpha value is -1.23. The number of nitriles is 1. The van der Waals surface area contributed by atoms with Gasteiger partial charge in [0.15, 0.2) is 0 Å². The van der Waals surface area contributed by atoms with Crippen LogP contribution in [0.5, 0.6) is 0 Å². The third-order valence-electron chi connectivity index (χ3n) is 2.74. The summed E-state index contributed by atoms with van der Waals surface area (Å²) in [6.07, 6.45) is 6.18. The fraction of sp³-hybridized carbons (Fsp3) is 0.500.